The zero-order valence-electron chi connectivity index (χ0n) is 13.1. The van der Waals surface area contributed by atoms with Crippen LogP contribution in [-0.4, -0.2) is 77.4 Å². The van der Waals surface area contributed by atoms with Crippen LogP contribution >= 0.6 is 0 Å². The van der Waals surface area contributed by atoms with Gasteiger partial charge in [-0.1, -0.05) is 19.8 Å². The smallest absolute Gasteiger partial charge is 0.326 e. The Balaban J connectivity index is 2.64. The SMILES string of the molecule is CCCCC(NC(=O)N1CC(O)CC1CN(C)C)C(=O)O. The number of aliphatic hydroxyl groups excluding tert-OH is 1. The van der Waals surface area contributed by atoms with Gasteiger partial charge in [0.05, 0.1) is 6.10 Å². The number of likely N-dealkylation sites (tertiary alicyclic amines) is 1. The summed E-state index contributed by atoms with van der Waals surface area (Å²) in [6, 6.07) is -1.35. The van der Waals surface area contributed by atoms with Gasteiger partial charge in [0.2, 0.25) is 0 Å². The normalized spacial score (nSPS) is 23.4. The number of carboxylic acids is 1. The first-order valence-electron chi connectivity index (χ1n) is 7.47. The molecule has 1 saturated heterocycles. The molecule has 0 radical (unpaired) electrons. The van der Waals surface area contributed by atoms with Gasteiger partial charge >= 0.3 is 12.0 Å². The molecule has 0 saturated carbocycles. The van der Waals surface area contributed by atoms with Crippen LogP contribution in [0.2, 0.25) is 0 Å². The highest BCUT2D eigenvalue weighted by atomic mass is 16.4. The van der Waals surface area contributed by atoms with E-state index in [0.29, 0.717) is 19.4 Å². The van der Waals surface area contributed by atoms with Gasteiger partial charge in [-0.25, -0.2) is 9.59 Å². The highest BCUT2D eigenvalue weighted by Crippen LogP contribution is 2.19. The number of carbonyl (C=O) groups is 2. The van der Waals surface area contributed by atoms with E-state index in [-0.39, 0.29) is 12.6 Å². The fourth-order valence-corrected chi connectivity index (χ4v) is 2.63. The lowest BCUT2D eigenvalue weighted by Gasteiger charge is -2.28. The van der Waals surface area contributed by atoms with Crippen LogP contribution in [0.15, 0.2) is 0 Å². The molecule has 3 atom stereocenters. The van der Waals surface area contributed by atoms with E-state index < -0.39 is 24.1 Å². The van der Waals surface area contributed by atoms with E-state index in [1.165, 1.54) is 0 Å². The maximum atomic E-state index is 12.3. The van der Waals surface area contributed by atoms with Gasteiger partial charge in [0.1, 0.15) is 6.04 Å². The molecule has 3 unspecified atom stereocenters. The number of nitrogens with zero attached hydrogens (tertiary/aromatic N) is 2. The first-order valence-corrected chi connectivity index (χ1v) is 7.47. The van der Waals surface area contributed by atoms with Crippen molar-refractivity contribution in [2.75, 3.05) is 27.2 Å². The summed E-state index contributed by atoms with van der Waals surface area (Å²) in [5.74, 6) is -1.01. The van der Waals surface area contributed by atoms with Crippen molar-refractivity contribution in [3.05, 3.63) is 0 Å². The van der Waals surface area contributed by atoms with Gasteiger partial charge in [0, 0.05) is 19.1 Å². The van der Waals surface area contributed by atoms with Crippen LogP contribution < -0.4 is 5.32 Å². The molecule has 0 spiro atoms. The number of carboxylic acid groups (broad SMARTS) is 1. The molecule has 7 heteroatoms. The van der Waals surface area contributed by atoms with E-state index >= 15 is 0 Å². The van der Waals surface area contributed by atoms with Crippen molar-refractivity contribution in [2.45, 2.75) is 50.8 Å². The number of urea groups is 1. The zero-order valence-corrected chi connectivity index (χ0v) is 13.1. The Bertz CT molecular complexity index is 362. The van der Waals surface area contributed by atoms with Gasteiger partial charge in [-0.3, -0.25) is 0 Å². The number of likely N-dealkylation sites (N-methyl/N-ethyl adjacent to an activating group) is 1. The molecule has 21 heavy (non-hydrogen) atoms. The summed E-state index contributed by atoms with van der Waals surface area (Å²) < 4.78 is 0. The molecule has 1 aliphatic rings. The average Bonchev–Trinajstić information content (AvgIpc) is 2.73. The Kier molecular flexibility index (Phi) is 6.91. The maximum absolute atomic E-state index is 12.3. The third-order valence-electron chi connectivity index (χ3n) is 3.67. The molecule has 0 aromatic rings. The Morgan fingerprint density at radius 2 is 2.10 bits per heavy atom. The first-order chi connectivity index (χ1) is 9.85. The van der Waals surface area contributed by atoms with E-state index in [1.54, 1.807) is 4.90 Å². The van der Waals surface area contributed by atoms with Gasteiger partial charge in [-0.05, 0) is 26.9 Å². The molecule has 0 aromatic heterocycles. The van der Waals surface area contributed by atoms with Crippen LogP contribution in [0.1, 0.15) is 32.6 Å². The van der Waals surface area contributed by atoms with Crippen LogP contribution in [0.25, 0.3) is 0 Å². The third-order valence-corrected chi connectivity index (χ3v) is 3.67. The monoisotopic (exact) mass is 301 g/mol. The molecule has 1 rings (SSSR count). The van der Waals surface area contributed by atoms with Gasteiger partial charge in [-0.2, -0.15) is 0 Å². The van der Waals surface area contributed by atoms with E-state index in [2.05, 4.69) is 5.32 Å². The molecule has 1 heterocycles. The molecule has 3 N–H and O–H groups in total. The number of hydrogen-bond donors (Lipinski definition) is 3. The van der Waals surface area contributed by atoms with Crippen molar-refractivity contribution in [2.24, 2.45) is 0 Å². The summed E-state index contributed by atoms with van der Waals surface area (Å²) in [6.07, 6.45) is 2.04. The number of unbranched alkanes of at least 4 members (excludes halogenated alkanes) is 1. The highest BCUT2D eigenvalue weighted by Gasteiger charge is 2.35. The molecule has 1 fully saturated rings. The second-order valence-electron chi connectivity index (χ2n) is 5.94. The lowest BCUT2D eigenvalue weighted by Crippen LogP contribution is -2.51. The number of carbonyl (C=O) groups excluding carboxylic acids is 1. The number of β-amino-alcohol motifs (C(OH)–C–C–N with tert-alkyl or cyclic N) is 1. The van der Waals surface area contributed by atoms with Gasteiger partial charge in [0.15, 0.2) is 0 Å². The van der Waals surface area contributed by atoms with Crippen molar-refractivity contribution in [3.8, 4) is 0 Å². The predicted molar refractivity (Wildman–Crippen MR) is 79.2 cm³/mol. The largest absolute Gasteiger partial charge is 0.480 e. The van der Waals surface area contributed by atoms with Crippen LogP contribution in [-0.2, 0) is 4.79 Å². The summed E-state index contributed by atoms with van der Waals surface area (Å²) in [5, 5.41) is 21.5. The summed E-state index contributed by atoms with van der Waals surface area (Å²) >= 11 is 0. The van der Waals surface area contributed by atoms with Gasteiger partial charge in [-0.15, -0.1) is 0 Å². The average molecular weight is 301 g/mol. The quantitative estimate of drug-likeness (QED) is 0.630. The maximum Gasteiger partial charge on any atom is 0.326 e. The number of rotatable bonds is 7. The highest BCUT2D eigenvalue weighted by molar-refractivity contribution is 5.82. The van der Waals surface area contributed by atoms with Crippen molar-refractivity contribution in [1.82, 2.24) is 15.1 Å². The third kappa shape index (κ3) is 5.51. The topological polar surface area (TPSA) is 93.1 Å². The molecular weight excluding hydrogens is 274 g/mol. The van der Waals surface area contributed by atoms with Crippen molar-refractivity contribution >= 4 is 12.0 Å². The molecule has 2 amide bonds. The molecule has 1 aliphatic heterocycles. The lowest BCUT2D eigenvalue weighted by molar-refractivity contribution is -0.139. The van der Waals surface area contributed by atoms with Crippen molar-refractivity contribution < 1.29 is 19.8 Å². The lowest BCUT2D eigenvalue weighted by atomic mass is 10.1. The second-order valence-corrected chi connectivity index (χ2v) is 5.94. The summed E-state index contributed by atoms with van der Waals surface area (Å²) in [4.78, 5) is 27.0. The molecule has 122 valence electrons. The number of amides is 2. The summed E-state index contributed by atoms with van der Waals surface area (Å²) in [5.41, 5.74) is 0. The van der Waals surface area contributed by atoms with Gasteiger partial charge in [0.25, 0.3) is 0 Å². The van der Waals surface area contributed by atoms with E-state index in [4.69, 9.17) is 5.11 Å². The minimum absolute atomic E-state index is 0.0874. The fraction of sp³-hybridized carbons (Fsp3) is 0.857. The summed E-state index contributed by atoms with van der Waals surface area (Å²) in [7, 11) is 3.81. The van der Waals surface area contributed by atoms with E-state index in [1.807, 2.05) is 25.9 Å². The van der Waals surface area contributed by atoms with E-state index in [0.717, 1.165) is 12.8 Å². The van der Waals surface area contributed by atoms with Crippen molar-refractivity contribution in [1.29, 1.82) is 0 Å². The van der Waals surface area contributed by atoms with Crippen LogP contribution in [0.3, 0.4) is 0 Å². The van der Waals surface area contributed by atoms with E-state index in [9.17, 15) is 14.7 Å². The Morgan fingerprint density at radius 3 is 2.62 bits per heavy atom. The second kappa shape index (κ2) is 8.19. The van der Waals surface area contributed by atoms with Gasteiger partial charge < -0.3 is 25.3 Å². The minimum atomic E-state index is -1.01. The number of nitrogens with one attached hydrogen (secondary N) is 1. The van der Waals surface area contributed by atoms with Crippen LogP contribution in [0.4, 0.5) is 4.79 Å². The van der Waals surface area contributed by atoms with Crippen molar-refractivity contribution in [3.63, 3.8) is 0 Å². The number of hydrogen-bond acceptors (Lipinski definition) is 4. The van der Waals surface area contributed by atoms with Crippen LogP contribution in [0, 0.1) is 0 Å². The minimum Gasteiger partial charge on any atom is -0.480 e. The standard InChI is InChI=1S/C14H27N3O4/c1-4-5-6-12(13(19)20)15-14(21)17-9-11(18)7-10(17)8-16(2)3/h10-12,18H,4-9H2,1-3H3,(H,15,21)(H,19,20). The fourth-order valence-electron chi connectivity index (χ4n) is 2.63. The van der Waals surface area contributed by atoms with Crippen LogP contribution in [0.5, 0.6) is 0 Å². The number of aliphatic hydroxyl groups is 1. The Hall–Kier alpha value is -1.34. The number of aliphatic carboxylic acids is 1. The molecule has 7 nitrogen and oxygen atoms in total. The molecule has 0 bridgehead atoms. The first kappa shape index (κ1) is 17.7. The zero-order chi connectivity index (χ0) is 16.0. The Labute approximate surface area is 125 Å². The molecule has 0 aliphatic carbocycles. The summed E-state index contributed by atoms with van der Waals surface area (Å²) in [6.45, 7) is 2.88. The molecular formula is C14H27N3O4. The molecule has 0 aromatic carbocycles. The predicted octanol–water partition coefficient (Wildman–Crippen LogP) is 0.336. The Morgan fingerprint density at radius 1 is 1.43 bits per heavy atom.